The number of nitrogens with zero attached hydrogens (tertiary/aromatic N) is 2. The third kappa shape index (κ3) is 4.03. The zero-order valence-corrected chi connectivity index (χ0v) is 19.3. The molecule has 170 valence electrons. The summed E-state index contributed by atoms with van der Waals surface area (Å²) in [5.74, 6) is 0.311. The number of carbonyl (C=O) groups excluding carboxylic acids is 1. The van der Waals surface area contributed by atoms with Crippen LogP contribution < -0.4 is 24.4 Å². The number of hydrogen-bond donors (Lipinski definition) is 1. The molecule has 0 bridgehead atoms. The van der Waals surface area contributed by atoms with Gasteiger partial charge >= 0.3 is 5.97 Å². The van der Waals surface area contributed by atoms with Gasteiger partial charge in [-0.1, -0.05) is 29.5 Å². The van der Waals surface area contributed by atoms with Gasteiger partial charge in [0, 0.05) is 0 Å². The van der Waals surface area contributed by atoms with Crippen molar-refractivity contribution in [3.8, 4) is 17.2 Å². The molecule has 0 unspecified atom stereocenters. The Morgan fingerprint density at radius 2 is 1.85 bits per heavy atom. The number of ether oxygens (including phenoxy) is 3. The molecule has 1 aliphatic heterocycles. The quantitative estimate of drug-likeness (QED) is 0.579. The predicted octanol–water partition coefficient (Wildman–Crippen LogP) is 2.13. The topological polar surface area (TPSA) is 99.4 Å². The Morgan fingerprint density at radius 3 is 2.48 bits per heavy atom. The minimum Gasteiger partial charge on any atom is -0.504 e. The van der Waals surface area contributed by atoms with Crippen LogP contribution in [0, 0.1) is 0 Å². The number of allylic oxidation sites excluding steroid dienone is 1. The van der Waals surface area contributed by atoms with Gasteiger partial charge in [-0.25, -0.2) is 9.79 Å². The molecule has 0 aliphatic carbocycles. The molecule has 2 aromatic carbocycles. The second kappa shape index (κ2) is 8.95. The van der Waals surface area contributed by atoms with Gasteiger partial charge < -0.3 is 19.3 Å². The lowest BCUT2D eigenvalue weighted by Crippen LogP contribution is -2.39. The fourth-order valence-electron chi connectivity index (χ4n) is 3.72. The van der Waals surface area contributed by atoms with Gasteiger partial charge in [0.05, 0.1) is 43.2 Å². The molecule has 3 aromatic rings. The van der Waals surface area contributed by atoms with Crippen LogP contribution >= 0.6 is 11.3 Å². The van der Waals surface area contributed by atoms with Crippen molar-refractivity contribution in [3.63, 3.8) is 0 Å². The third-order valence-corrected chi connectivity index (χ3v) is 6.34. The summed E-state index contributed by atoms with van der Waals surface area (Å²) < 4.78 is 17.4. The van der Waals surface area contributed by atoms with E-state index >= 15 is 0 Å². The number of phenolic OH excluding ortho intramolecular Hbond substituents is 1. The summed E-state index contributed by atoms with van der Waals surface area (Å²) in [6, 6.07) is 11.2. The molecular weight excluding hydrogens is 444 g/mol. The molecule has 33 heavy (non-hydrogen) atoms. The Hall–Kier alpha value is -3.85. The Labute approximate surface area is 193 Å². The van der Waals surface area contributed by atoms with Crippen LogP contribution in [-0.4, -0.2) is 37.0 Å². The minimum atomic E-state index is -0.791. The molecule has 2 heterocycles. The first kappa shape index (κ1) is 22.3. The number of benzene rings is 2. The first-order valence-corrected chi connectivity index (χ1v) is 10.8. The van der Waals surface area contributed by atoms with E-state index in [-0.39, 0.29) is 22.6 Å². The Kier molecular flexibility index (Phi) is 6.06. The zero-order valence-electron chi connectivity index (χ0n) is 18.5. The summed E-state index contributed by atoms with van der Waals surface area (Å²) in [5, 5.41) is 10.0. The molecule has 1 aromatic heterocycles. The molecule has 0 saturated carbocycles. The van der Waals surface area contributed by atoms with Crippen molar-refractivity contribution in [2.24, 2.45) is 4.99 Å². The monoisotopic (exact) mass is 466 g/mol. The van der Waals surface area contributed by atoms with E-state index in [1.807, 2.05) is 24.3 Å². The molecule has 4 rings (SSSR count). The molecule has 0 radical (unpaired) electrons. The maximum Gasteiger partial charge on any atom is 0.338 e. The van der Waals surface area contributed by atoms with Crippen molar-refractivity contribution in [2.75, 3.05) is 21.3 Å². The maximum atomic E-state index is 13.5. The van der Waals surface area contributed by atoms with Crippen molar-refractivity contribution in [3.05, 3.63) is 84.5 Å². The average molecular weight is 467 g/mol. The van der Waals surface area contributed by atoms with E-state index in [1.165, 1.54) is 36.2 Å². The fraction of sp³-hybridized carbons (Fsp3) is 0.208. The van der Waals surface area contributed by atoms with Gasteiger partial charge in [0.2, 0.25) is 0 Å². The fourth-order valence-corrected chi connectivity index (χ4v) is 4.77. The Morgan fingerprint density at radius 1 is 1.12 bits per heavy atom. The number of aromatic hydroxyl groups is 1. The minimum absolute atomic E-state index is 0.0477. The van der Waals surface area contributed by atoms with Gasteiger partial charge in [0.25, 0.3) is 5.56 Å². The highest BCUT2D eigenvalue weighted by Crippen LogP contribution is 2.35. The normalized spacial score (nSPS) is 15.6. The smallest absolute Gasteiger partial charge is 0.338 e. The Bertz CT molecular complexity index is 1430. The second-order valence-electron chi connectivity index (χ2n) is 7.28. The number of fused-ring (bicyclic) bond motifs is 1. The van der Waals surface area contributed by atoms with Crippen LogP contribution in [0.25, 0.3) is 6.08 Å². The number of esters is 1. The average Bonchev–Trinajstić information content (AvgIpc) is 3.13. The van der Waals surface area contributed by atoms with Crippen LogP contribution in [0.1, 0.15) is 24.1 Å². The lowest BCUT2D eigenvalue weighted by atomic mass is 9.95. The zero-order chi connectivity index (χ0) is 23.7. The molecule has 0 fully saturated rings. The van der Waals surface area contributed by atoms with Crippen molar-refractivity contribution in [2.45, 2.75) is 13.0 Å². The van der Waals surface area contributed by atoms with Gasteiger partial charge in [-0.3, -0.25) is 9.36 Å². The number of rotatable bonds is 5. The number of methoxy groups -OCH3 is 3. The number of hydrogen-bond acceptors (Lipinski definition) is 8. The third-order valence-electron chi connectivity index (χ3n) is 5.36. The van der Waals surface area contributed by atoms with Crippen molar-refractivity contribution < 1.29 is 24.1 Å². The van der Waals surface area contributed by atoms with Gasteiger partial charge in [-0.05, 0) is 48.4 Å². The summed E-state index contributed by atoms with van der Waals surface area (Å²) in [6.45, 7) is 1.71. The van der Waals surface area contributed by atoms with E-state index < -0.39 is 12.0 Å². The van der Waals surface area contributed by atoms with E-state index in [1.54, 1.807) is 32.2 Å². The maximum absolute atomic E-state index is 13.5. The van der Waals surface area contributed by atoms with Gasteiger partial charge in [-0.15, -0.1) is 0 Å². The molecule has 0 saturated heterocycles. The molecule has 9 heteroatoms. The summed E-state index contributed by atoms with van der Waals surface area (Å²) in [7, 11) is 4.31. The highest BCUT2D eigenvalue weighted by Gasteiger charge is 2.33. The number of phenols is 1. The Balaban J connectivity index is 1.95. The van der Waals surface area contributed by atoms with Gasteiger partial charge in [-0.2, -0.15) is 0 Å². The molecular formula is C24H22N2O6S. The standard InChI is InChI=1S/C24H22N2O6S/c1-13-20(23(29)32-4)21(15-7-10-17(27)18(12-15)31-3)26-22(28)19(33-24(26)25-13)11-14-5-8-16(30-2)9-6-14/h5-12,21,27H,1-4H3/b19-11-/t21-/m1/s1. The predicted molar refractivity (Wildman–Crippen MR) is 123 cm³/mol. The molecule has 1 atom stereocenters. The van der Waals surface area contributed by atoms with E-state index in [0.29, 0.717) is 26.3 Å². The van der Waals surface area contributed by atoms with Crippen LogP contribution in [0.3, 0.4) is 0 Å². The summed E-state index contributed by atoms with van der Waals surface area (Å²) >= 11 is 1.23. The van der Waals surface area contributed by atoms with Crippen molar-refractivity contribution >= 4 is 23.4 Å². The first-order valence-electron chi connectivity index (χ1n) is 9.99. The van der Waals surface area contributed by atoms with Crippen LogP contribution in [-0.2, 0) is 9.53 Å². The number of thiazole rings is 1. The van der Waals surface area contributed by atoms with Gasteiger partial charge in [0.15, 0.2) is 16.3 Å². The molecule has 8 nitrogen and oxygen atoms in total. The SMILES string of the molecule is COC(=O)C1=C(C)N=c2s/c(=C\c3ccc(OC)cc3)c(=O)n2[C@@H]1c1ccc(O)c(OC)c1. The van der Waals surface area contributed by atoms with E-state index in [2.05, 4.69) is 4.99 Å². The lowest BCUT2D eigenvalue weighted by molar-refractivity contribution is -0.136. The van der Waals surface area contributed by atoms with Crippen molar-refractivity contribution in [1.29, 1.82) is 0 Å². The van der Waals surface area contributed by atoms with Crippen molar-refractivity contribution in [1.82, 2.24) is 4.57 Å². The van der Waals surface area contributed by atoms with E-state index in [0.717, 1.165) is 5.56 Å². The number of carbonyl (C=O) groups is 1. The highest BCUT2D eigenvalue weighted by atomic mass is 32.1. The highest BCUT2D eigenvalue weighted by molar-refractivity contribution is 7.07. The summed E-state index contributed by atoms with van der Waals surface area (Å²) in [5.41, 5.74) is 1.81. The van der Waals surface area contributed by atoms with Crippen LogP contribution in [0.4, 0.5) is 0 Å². The molecule has 0 spiro atoms. The van der Waals surface area contributed by atoms with E-state index in [4.69, 9.17) is 14.2 Å². The molecule has 0 amide bonds. The van der Waals surface area contributed by atoms with Crippen LogP contribution in [0.2, 0.25) is 0 Å². The molecule has 1 N–H and O–H groups in total. The second-order valence-corrected chi connectivity index (χ2v) is 8.29. The molecule has 1 aliphatic rings. The van der Waals surface area contributed by atoms with E-state index in [9.17, 15) is 14.7 Å². The lowest BCUT2D eigenvalue weighted by Gasteiger charge is -2.24. The van der Waals surface area contributed by atoms with Crippen LogP contribution in [0.15, 0.2) is 63.5 Å². The summed E-state index contributed by atoms with van der Waals surface area (Å²) in [4.78, 5) is 31.2. The summed E-state index contributed by atoms with van der Waals surface area (Å²) in [6.07, 6.45) is 1.77. The van der Waals surface area contributed by atoms with Crippen LogP contribution in [0.5, 0.6) is 17.2 Å². The first-order chi connectivity index (χ1) is 15.9. The van der Waals surface area contributed by atoms with Gasteiger partial charge in [0.1, 0.15) is 5.75 Å². The number of aromatic nitrogens is 1. The largest absolute Gasteiger partial charge is 0.504 e.